The zero-order valence-corrected chi connectivity index (χ0v) is 17.8. The molecule has 1 saturated carbocycles. The normalized spacial score (nSPS) is 16.0. The van der Waals surface area contributed by atoms with Gasteiger partial charge in [-0.05, 0) is 49.9 Å². The summed E-state index contributed by atoms with van der Waals surface area (Å²) in [6, 6.07) is 6.44. The molecule has 8 nitrogen and oxygen atoms in total. The molecular weight excluding hydrogens is 413 g/mol. The molecule has 0 atom stereocenters. The maximum atomic E-state index is 13.0. The highest BCUT2D eigenvalue weighted by molar-refractivity contribution is 6.00. The molecule has 4 rings (SSSR count). The van der Waals surface area contributed by atoms with Gasteiger partial charge >= 0.3 is 0 Å². The minimum absolute atomic E-state index is 0.0557. The Balaban J connectivity index is 1.43. The lowest BCUT2D eigenvalue weighted by atomic mass is 10.0. The van der Waals surface area contributed by atoms with Gasteiger partial charge in [-0.25, -0.2) is 9.37 Å². The Labute approximate surface area is 185 Å². The van der Waals surface area contributed by atoms with Gasteiger partial charge in [0.15, 0.2) is 0 Å². The van der Waals surface area contributed by atoms with E-state index in [0.29, 0.717) is 47.7 Å². The summed E-state index contributed by atoms with van der Waals surface area (Å²) >= 11 is 0. The smallest absolute Gasteiger partial charge is 0.270 e. The summed E-state index contributed by atoms with van der Waals surface area (Å²) in [5.74, 6) is -0.621. The summed E-state index contributed by atoms with van der Waals surface area (Å²) in [6.07, 6.45) is 6.54. The van der Waals surface area contributed by atoms with Crippen LogP contribution in [-0.4, -0.2) is 64.0 Å². The van der Waals surface area contributed by atoms with Crippen LogP contribution in [-0.2, 0) is 14.4 Å². The molecule has 0 radical (unpaired) electrons. The van der Waals surface area contributed by atoms with Crippen LogP contribution in [0.3, 0.4) is 0 Å². The summed E-state index contributed by atoms with van der Waals surface area (Å²) in [6.45, 7) is 0.465. The lowest BCUT2D eigenvalue weighted by molar-refractivity contribution is -0.129. The van der Waals surface area contributed by atoms with Crippen molar-refractivity contribution in [2.45, 2.75) is 31.7 Å². The first kappa shape index (κ1) is 21.6. The van der Waals surface area contributed by atoms with Crippen molar-refractivity contribution >= 4 is 23.9 Å². The van der Waals surface area contributed by atoms with Crippen molar-refractivity contribution in [3.63, 3.8) is 0 Å². The van der Waals surface area contributed by atoms with Gasteiger partial charge in [0.1, 0.15) is 23.6 Å². The number of nitrogens with zero attached hydrogens (tertiary/aromatic N) is 4. The molecule has 0 unspecified atom stereocenters. The predicted octanol–water partition coefficient (Wildman–Crippen LogP) is 2.39. The second-order valence-electron chi connectivity index (χ2n) is 8.01. The van der Waals surface area contributed by atoms with Crippen molar-refractivity contribution in [1.29, 1.82) is 0 Å². The van der Waals surface area contributed by atoms with Crippen molar-refractivity contribution in [2.75, 3.05) is 25.5 Å². The van der Waals surface area contributed by atoms with Crippen LogP contribution in [0.4, 0.5) is 10.2 Å². The van der Waals surface area contributed by atoms with Gasteiger partial charge in [0, 0.05) is 37.0 Å². The van der Waals surface area contributed by atoms with Crippen molar-refractivity contribution in [1.82, 2.24) is 19.8 Å². The monoisotopic (exact) mass is 437 g/mol. The third-order valence-electron chi connectivity index (χ3n) is 5.64. The van der Waals surface area contributed by atoms with Crippen LogP contribution < -0.4 is 5.32 Å². The summed E-state index contributed by atoms with van der Waals surface area (Å²) in [5.41, 5.74) is 2.02. The molecule has 0 aromatic carbocycles. The fourth-order valence-corrected chi connectivity index (χ4v) is 3.76. The number of pyridine rings is 2. The first-order chi connectivity index (χ1) is 15.5. The van der Waals surface area contributed by atoms with Gasteiger partial charge in [0.25, 0.3) is 5.91 Å². The van der Waals surface area contributed by atoms with Gasteiger partial charge < -0.3 is 15.1 Å². The Bertz CT molecular complexity index is 1050. The van der Waals surface area contributed by atoms with E-state index in [-0.39, 0.29) is 24.4 Å². The summed E-state index contributed by atoms with van der Waals surface area (Å²) in [5, 5.41) is 2.73. The fourth-order valence-electron chi connectivity index (χ4n) is 3.76. The van der Waals surface area contributed by atoms with E-state index in [2.05, 4.69) is 15.3 Å². The van der Waals surface area contributed by atoms with E-state index in [4.69, 9.17) is 0 Å². The maximum Gasteiger partial charge on any atom is 0.270 e. The van der Waals surface area contributed by atoms with Crippen LogP contribution in [0.2, 0.25) is 0 Å². The quantitative estimate of drug-likeness (QED) is 0.669. The van der Waals surface area contributed by atoms with Crippen LogP contribution in [0.25, 0.3) is 11.3 Å². The number of hydrogen-bond donors (Lipinski definition) is 1. The number of nitrogens with one attached hydrogen (secondary N) is 1. The van der Waals surface area contributed by atoms with Gasteiger partial charge in [-0.1, -0.05) is 0 Å². The van der Waals surface area contributed by atoms with Crippen LogP contribution in [0.5, 0.6) is 0 Å². The van der Waals surface area contributed by atoms with E-state index in [1.54, 1.807) is 41.2 Å². The number of amides is 2. The number of rotatable bonds is 7. The van der Waals surface area contributed by atoms with Gasteiger partial charge in [-0.15, -0.1) is 0 Å². The SMILES string of the molecule is CN(C(=O)C1=C(C=O)CCCN1CC(=O)Nc1ccc(-c2ccc(F)cn2)cn1)C1CC1. The van der Waals surface area contributed by atoms with Crippen molar-refractivity contribution in [3.8, 4) is 11.3 Å². The number of aromatic nitrogens is 2. The molecule has 1 aliphatic heterocycles. The number of likely N-dealkylation sites (N-methyl/N-ethyl adjacent to an activating group) is 1. The van der Waals surface area contributed by atoms with E-state index in [1.165, 1.54) is 6.07 Å². The molecule has 32 heavy (non-hydrogen) atoms. The summed E-state index contributed by atoms with van der Waals surface area (Å²) < 4.78 is 13.0. The molecule has 2 amide bonds. The molecule has 0 bridgehead atoms. The third-order valence-corrected chi connectivity index (χ3v) is 5.64. The second kappa shape index (κ2) is 9.25. The van der Waals surface area contributed by atoms with Crippen LogP contribution >= 0.6 is 0 Å². The fraction of sp³-hybridized carbons (Fsp3) is 0.348. The lowest BCUT2D eigenvalue weighted by Gasteiger charge is -2.33. The van der Waals surface area contributed by atoms with Crippen molar-refractivity contribution in [3.05, 3.63) is 53.7 Å². The molecule has 1 N–H and O–H groups in total. The molecule has 1 fully saturated rings. The zero-order valence-electron chi connectivity index (χ0n) is 17.8. The summed E-state index contributed by atoms with van der Waals surface area (Å²) in [4.78, 5) is 48.8. The number of carbonyl (C=O) groups excluding carboxylic acids is 3. The first-order valence-electron chi connectivity index (χ1n) is 10.5. The Kier molecular flexibility index (Phi) is 6.25. The Morgan fingerprint density at radius 3 is 2.66 bits per heavy atom. The molecule has 0 saturated heterocycles. The molecule has 2 aliphatic rings. The largest absolute Gasteiger partial charge is 0.357 e. The minimum Gasteiger partial charge on any atom is -0.357 e. The molecule has 2 aromatic rings. The molecule has 3 heterocycles. The van der Waals surface area contributed by atoms with E-state index < -0.39 is 5.82 Å². The van der Waals surface area contributed by atoms with Gasteiger partial charge in [-0.3, -0.25) is 19.4 Å². The average Bonchev–Trinajstić information content (AvgIpc) is 3.64. The highest BCUT2D eigenvalue weighted by Gasteiger charge is 2.35. The number of carbonyl (C=O) groups is 3. The Morgan fingerprint density at radius 1 is 1.22 bits per heavy atom. The second-order valence-corrected chi connectivity index (χ2v) is 8.01. The Morgan fingerprint density at radius 2 is 2.03 bits per heavy atom. The number of halogens is 1. The molecule has 1 aliphatic carbocycles. The number of anilines is 1. The van der Waals surface area contributed by atoms with Gasteiger partial charge in [-0.2, -0.15) is 0 Å². The standard InChI is InChI=1S/C23H24FN5O3/c1-28(18-6-7-18)23(32)22-16(14-30)3-2-10-29(22)13-21(31)27-20-9-4-15(11-26-20)19-8-5-17(24)12-25-19/h4-5,8-9,11-12,14,18H,2-3,6-7,10,13H2,1H3,(H,26,27,31). The van der Waals surface area contributed by atoms with Crippen molar-refractivity contribution in [2.24, 2.45) is 0 Å². The van der Waals surface area contributed by atoms with Crippen LogP contribution in [0, 0.1) is 5.82 Å². The van der Waals surface area contributed by atoms with E-state index in [0.717, 1.165) is 25.3 Å². The molecular formula is C23H24FN5O3. The highest BCUT2D eigenvalue weighted by atomic mass is 19.1. The van der Waals surface area contributed by atoms with E-state index in [9.17, 15) is 18.8 Å². The van der Waals surface area contributed by atoms with Crippen LogP contribution in [0.15, 0.2) is 47.9 Å². The van der Waals surface area contributed by atoms with Gasteiger partial charge in [0.2, 0.25) is 5.91 Å². The van der Waals surface area contributed by atoms with Crippen molar-refractivity contribution < 1.29 is 18.8 Å². The highest BCUT2D eigenvalue weighted by Crippen LogP contribution is 2.29. The van der Waals surface area contributed by atoms with Gasteiger partial charge in [0.05, 0.1) is 18.4 Å². The zero-order chi connectivity index (χ0) is 22.7. The molecule has 0 spiro atoms. The number of allylic oxidation sites excluding steroid dienone is 1. The molecule has 166 valence electrons. The summed E-state index contributed by atoms with van der Waals surface area (Å²) in [7, 11) is 1.74. The van der Waals surface area contributed by atoms with E-state index >= 15 is 0 Å². The van der Waals surface area contributed by atoms with Crippen LogP contribution in [0.1, 0.15) is 25.7 Å². The minimum atomic E-state index is -0.420. The maximum absolute atomic E-state index is 13.0. The third kappa shape index (κ3) is 4.82. The topological polar surface area (TPSA) is 95.5 Å². The number of hydrogen-bond acceptors (Lipinski definition) is 6. The van der Waals surface area contributed by atoms with E-state index in [1.807, 2.05) is 0 Å². The molecule has 9 heteroatoms. The number of aldehydes is 1. The lowest BCUT2D eigenvalue weighted by Crippen LogP contribution is -2.43. The molecule has 2 aromatic heterocycles. The first-order valence-corrected chi connectivity index (χ1v) is 10.5. The predicted molar refractivity (Wildman–Crippen MR) is 116 cm³/mol. The average molecular weight is 437 g/mol. The Hall–Kier alpha value is -3.62.